The molecule has 0 aromatic heterocycles. The maximum Gasteiger partial charge on any atom is 0.0780 e. The van der Waals surface area contributed by atoms with E-state index in [1.807, 2.05) is 0 Å². The zero-order valence-electron chi connectivity index (χ0n) is 20.1. The third-order valence-electron chi connectivity index (χ3n) is 11.6. The highest BCUT2D eigenvalue weighted by atomic mass is 16.2. The van der Waals surface area contributed by atoms with Crippen molar-refractivity contribution in [2.24, 2.45) is 45.8 Å². The number of hydrogen-bond donors (Lipinski definition) is 1. The lowest BCUT2D eigenvalue weighted by Gasteiger charge is -2.64. The smallest absolute Gasteiger partial charge is 0.0780 e. The van der Waals surface area contributed by atoms with Gasteiger partial charge in [-0.1, -0.05) is 47.0 Å². The van der Waals surface area contributed by atoms with Crippen LogP contribution in [0.4, 0.5) is 0 Å². The molecular weight excluding hydrogens is 352 g/mol. The molecule has 1 unspecified atom stereocenters. The summed E-state index contributed by atoms with van der Waals surface area (Å²) < 4.78 is 0. The largest absolute Gasteiger partial charge is 0.516 e. The zero-order valence-corrected chi connectivity index (χ0v) is 20.1. The van der Waals surface area contributed by atoms with E-state index in [9.17, 15) is 5.11 Å². The second kappa shape index (κ2) is 7.90. The van der Waals surface area contributed by atoms with Gasteiger partial charge in [-0.05, 0) is 123 Å². The average Bonchev–Trinajstić information content (AvgIpc) is 2.98. The van der Waals surface area contributed by atoms with E-state index in [-0.39, 0.29) is 0 Å². The molecule has 1 N–H and O–H groups in total. The third-order valence-corrected chi connectivity index (χ3v) is 11.6. The molecule has 0 heterocycles. The summed E-state index contributed by atoms with van der Waals surface area (Å²) in [5, 5.41) is 9.19. The van der Waals surface area contributed by atoms with Crippen LogP contribution in [0.1, 0.15) is 118 Å². The summed E-state index contributed by atoms with van der Waals surface area (Å²) in [7, 11) is 0. The van der Waals surface area contributed by atoms with Crippen molar-refractivity contribution in [2.45, 2.75) is 118 Å². The van der Waals surface area contributed by atoms with Crippen molar-refractivity contribution in [3.05, 3.63) is 11.8 Å². The van der Waals surface area contributed by atoms with Gasteiger partial charge in [-0.25, -0.2) is 0 Å². The van der Waals surface area contributed by atoms with Gasteiger partial charge in [0.05, 0.1) is 6.26 Å². The van der Waals surface area contributed by atoms with E-state index in [0.717, 1.165) is 41.6 Å². The lowest BCUT2D eigenvalue weighted by molar-refractivity contribution is -0.156. The van der Waals surface area contributed by atoms with Crippen LogP contribution < -0.4 is 0 Å². The maximum absolute atomic E-state index is 9.19. The number of fused-ring (bicyclic) bond motifs is 5. The lowest BCUT2D eigenvalue weighted by atomic mass is 9.40. The average molecular weight is 401 g/mol. The van der Waals surface area contributed by atoms with Gasteiger partial charge < -0.3 is 5.11 Å². The standard InChI is InChI=1S/C28H48O/c1-20(19-29)9-8-10-21(2)23-14-17-28(5)25-13-12-22-11-6-7-16-26(22,3)24(25)15-18-27(23,28)4/h19,21-25,29H,6-18H2,1-5H3/t21-,22?,23-,24+,25-,26+,27-,28+/m1/s1. The van der Waals surface area contributed by atoms with Gasteiger partial charge >= 0.3 is 0 Å². The molecule has 0 saturated heterocycles. The first-order valence-corrected chi connectivity index (χ1v) is 13.1. The van der Waals surface area contributed by atoms with Crippen molar-refractivity contribution in [3.8, 4) is 0 Å². The molecule has 8 atom stereocenters. The van der Waals surface area contributed by atoms with E-state index in [4.69, 9.17) is 0 Å². The highest BCUT2D eigenvalue weighted by Crippen LogP contribution is 2.73. The highest BCUT2D eigenvalue weighted by molar-refractivity contribution is 5.14. The van der Waals surface area contributed by atoms with Crippen molar-refractivity contribution in [1.82, 2.24) is 0 Å². The number of allylic oxidation sites excluding steroid dienone is 1. The van der Waals surface area contributed by atoms with E-state index in [1.165, 1.54) is 83.3 Å². The molecule has 0 amide bonds. The fourth-order valence-electron chi connectivity index (χ4n) is 9.63. The Bertz CT molecular complexity index is 622. The summed E-state index contributed by atoms with van der Waals surface area (Å²) in [6.45, 7) is 12.8. The van der Waals surface area contributed by atoms with Crippen molar-refractivity contribution in [3.63, 3.8) is 0 Å². The van der Waals surface area contributed by atoms with Gasteiger partial charge in [0.15, 0.2) is 0 Å². The minimum atomic E-state index is 0.549. The Kier molecular flexibility index (Phi) is 5.93. The van der Waals surface area contributed by atoms with E-state index in [1.54, 1.807) is 0 Å². The zero-order chi connectivity index (χ0) is 20.9. The quantitative estimate of drug-likeness (QED) is 0.457. The van der Waals surface area contributed by atoms with Gasteiger partial charge in [-0.2, -0.15) is 0 Å². The first-order chi connectivity index (χ1) is 13.8. The molecule has 29 heavy (non-hydrogen) atoms. The first-order valence-electron chi connectivity index (χ1n) is 13.1. The molecule has 0 aromatic carbocycles. The molecule has 0 aliphatic heterocycles. The fourth-order valence-corrected chi connectivity index (χ4v) is 9.63. The second-order valence-electron chi connectivity index (χ2n) is 12.6. The summed E-state index contributed by atoms with van der Waals surface area (Å²) in [5.41, 5.74) is 2.91. The normalized spacial score (nSPS) is 48.5. The van der Waals surface area contributed by atoms with Crippen molar-refractivity contribution >= 4 is 0 Å². The van der Waals surface area contributed by atoms with Gasteiger partial charge in [0.2, 0.25) is 0 Å². The van der Waals surface area contributed by atoms with Crippen molar-refractivity contribution < 1.29 is 5.11 Å². The van der Waals surface area contributed by atoms with Gasteiger partial charge in [0.25, 0.3) is 0 Å². The Hall–Kier alpha value is -0.460. The summed E-state index contributed by atoms with van der Waals surface area (Å²) in [6, 6.07) is 0. The number of hydrogen-bond acceptors (Lipinski definition) is 1. The van der Waals surface area contributed by atoms with Crippen LogP contribution >= 0.6 is 0 Å². The molecule has 4 rings (SSSR count). The lowest BCUT2D eigenvalue weighted by Crippen LogP contribution is -2.57. The van der Waals surface area contributed by atoms with Crippen LogP contribution in [0, 0.1) is 45.8 Å². The van der Waals surface area contributed by atoms with Crippen LogP contribution in [-0.4, -0.2) is 5.11 Å². The minimum absolute atomic E-state index is 0.549. The Balaban J connectivity index is 1.50. The van der Waals surface area contributed by atoms with Gasteiger partial charge in [-0.15, -0.1) is 0 Å². The summed E-state index contributed by atoms with van der Waals surface area (Å²) in [6.07, 6.45) is 20.0. The molecule has 0 spiro atoms. The van der Waals surface area contributed by atoms with Crippen LogP contribution in [0.25, 0.3) is 0 Å². The van der Waals surface area contributed by atoms with Crippen molar-refractivity contribution in [1.29, 1.82) is 0 Å². The molecule has 1 heteroatoms. The second-order valence-corrected chi connectivity index (χ2v) is 12.6. The number of rotatable bonds is 5. The first kappa shape index (κ1) is 21.8. The predicted molar refractivity (Wildman–Crippen MR) is 124 cm³/mol. The highest BCUT2D eigenvalue weighted by Gasteiger charge is 2.65. The molecule has 4 saturated carbocycles. The Morgan fingerprint density at radius 3 is 2.45 bits per heavy atom. The van der Waals surface area contributed by atoms with Gasteiger partial charge in [-0.3, -0.25) is 0 Å². The van der Waals surface area contributed by atoms with E-state index < -0.39 is 0 Å². The topological polar surface area (TPSA) is 20.2 Å². The molecule has 1 nitrogen and oxygen atoms in total. The third kappa shape index (κ3) is 3.32. The molecular formula is C28H48O. The fraction of sp³-hybridized carbons (Fsp3) is 0.929. The molecule has 0 bridgehead atoms. The Labute approximate surface area is 181 Å². The SMILES string of the molecule is CC(=CO)CCC[C@@H](C)[C@H]1CC[C@@]2(C)[C@@H]3CCC4CCCC[C@]4(C)[C@H]3CC[C@]12C. The molecule has 0 radical (unpaired) electrons. The van der Waals surface area contributed by atoms with Crippen LogP contribution in [-0.2, 0) is 0 Å². The van der Waals surface area contributed by atoms with Gasteiger partial charge in [0, 0.05) is 0 Å². The predicted octanol–water partition coefficient (Wildman–Crippen LogP) is 8.69. The van der Waals surface area contributed by atoms with Crippen LogP contribution in [0.3, 0.4) is 0 Å². The maximum atomic E-state index is 9.19. The molecule has 4 aliphatic carbocycles. The van der Waals surface area contributed by atoms with E-state index in [0.29, 0.717) is 16.2 Å². The van der Waals surface area contributed by atoms with Crippen LogP contribution in [0.15, 0.2) is 11.8 Å². The monoisotopic (exact) mass is 400 g/mol. The Morgan fingerprint density at radius 1 is 0.931 bits per heavy atom. The summed E-state index contributed by atoms with van der Waals surface area (Å²) >= 11 is 0. The van der Waals surface area contributed by atoms with Crippen LogP contribution in [0.5, 0.6) is 0 Å². The van der Waals surface area contributed by atoms with Gasteiger partial charge in [0.1, 0.15) is 0 Å². The van der Waals surface area contributed by atoms with E-state index >= 15 is 0 Å². The molecule has 0 aromatic rings. The number of aliphatic hydroxyl groups excluding tert-OH is 1. The molecule has 4 fully saturated rings. The minimum Gasteiger partial charge on any atom is -0.516 e. The summed E-state index contributed by atoms with van der Waals surface area (Å²) in [5.74, 6) is 4.75. The Morgan fingerprint density at radius 2 is 1.69 bits per heavy atom. The molecule has 166 valence electrons. The summed E-state index contributed by atoms with van der Waals surface area (Å²) in [4.78, 5) is 0. The molecule has 4 aliphatic rings. The van der Waals surface area contributed by atoms with Crippen molar-refractivity contribution in [2.75, 3.05) is 0 Å². The van der Waals surface area contributed by atoms with E-state index in [2.05, 4.69) is 34.6 Å². The number of aliphatic hydroxyl groups is 1. The van der Waals surface area contributed by atoms with Crippen LogP contribution in [0.2, 0.25) is 0 Å².